The summed E-state index contributed by atoms with van der Waals surface area (Å²) in [4.78, 5) is 13.9. The lowest BCUT2D eigenvalue weighted by Gasteiger charge is -2.16. The summed E-state index contributed by atoms with van der Waals surface area (Å²) in [5.41, 5.74) is 2.60. The van der Waals surface area contributed by atoms with Crippen molar-refractivity contribution in [3.63, 3.8) is 0 Å². The maximum Gasteiger partial charge on any atom is 0.220 e. The Kier molecular flexibility index (Phi) is 5.08. The first-order chi connectivity index (χ1) is 11.2. The fraction of sp³-hybridized carbons (Fsp3) is 0.444. The van der Waals surface area contributed by atoms with Crippen molar-refractivity contribution < 1.29 is 4.79 Å². The molecule has 1 N–H and O–H groups in total. The van der Waals surface area contributed by atoms with Gasteiger partial charge < -0.3 is 5.32 Å². The lowest BCUT2D eigenvalue weighted by Crippen LogP contribution is -2.24. The van der Waals surface area contributed by atoms with Gasteiger partial charge in [0.25, 0.3) is 0 Å². The Morgan fingerprint density at radius 3 is 2.87 bits per heavy atom. The Balaban J connectivity index is 1.55. The molecule has 23 heavy (non-hydrogen) atoms. The molecule has 1 atom stereocenters. The molecule has 122 valence electrons. The van der Waals surface area contributed by atoms with E-state index >= 15 is 0 Å². The van der Waals surface area contributed by atoms with Crippen molar-refractivity contribution in [2.24, 2.45) is 5.92 Å². The highest BCUT2D eigenvalue weighted by Gasteiger charge is 2.24. The van der Waals surface area contributed by atoms with Gasteiger partial charge in [-0.05, 0) is 36.1 Å². The van der Waals surface area contributed by atoms with Crippen molar-refractivity contribution in [1.29, 1.82) is 0 Å². The molecule has 3 rings (SSSR count). The van der Waals surface area contributed by atoms with Gasteiger partial charge in [0.1, 0.15) is 0 Å². The summed E-state index contributed by atoms with van der Waals surface area (Å²) in [6.07, 6.45) is 5.55. The van der Waals surface area contributed by atoms with E-state index < -0.39 is 0 Å². The average molecular weight is 312 g/mol. The third-order valence-electron chi connectivity index (χ3n) is 4.42. The standard InChI is InChI=1S/C18H24N4O/c1-19-18(23)11-17-6-9-21(13-17)12-15-4-2-5-16(10-15)14-22-8-3-7-20-22/h2-5,7-8,10,17H,6,9,11-14H2,1H3,(H,19,23). The molecule has 0 saturated carbocycles. The molecule has 1 aliphatic heterocycles. The van der Waals surface area contributed by atoms with Crippen LogP contribution in [0.4, 0.5) is 0 Å². The van der Waals surface area contributed by atoms with Gasteiger partial charge in [0.2, 0.25) is 5.91 Å². The van der Waals surface area contributed by atoms with Gasteiger partial charge in [-0.25, -0.2) is 0 Å². The molecular weight excluding hydrogens is 288 g/mol. The second-order valence-electron chi connectivity index (χ2n) is 6.29. The topological polar surface area (TPSA) is 50.2 Å². The van der Waals surface area contributed by atoms with Gasteiger partial charge in [-0.2, -0.15) is 5.10 Å². The van der Waals surface area contributed by atoms with Gasteiger partial charge in [0, 0.05) is 39.0 Å². The number of carbonyl (C=O) groups is 1. The number of amides is 1. The van der Waals surface area contributed by atoms with Crippen LogP contribution in [0.15, 0.2) is 42.7 Å². The number of nitrogens with one attached hydrogen (secondary N) is 1. The third kappa shape index (κ3) is 4.42. The average Bonchev–Trinajstić information content (AvgIpc) is 3.20. The molecular formula is C18H24N4O. The van der Waals surface area contributed by atoms with Gasteiger partial charge in [-0.1, -0.05) is 24.3 Å². The Bertz CT molecular complexity index is 638. The molecule has 1 aromatic heterocycles. The molecule has 1 amide bonds. The van der Waals surface area contributed by atoms with Gasteiger partial charge in [0.15, 0.2) is 0 Å². The van der Waals surface area contributed by atoms with Crippen LogP contribution in [0.5, 0.6) is 0 Å². The SMILES string of the molecule is CNC(=O)CC1CCN(Cc2cccc(Cn3cccn3)c2)C1. The van der Waals surface area contributed by atoms with Crippen LogP contribution in [0.25, 0.3) is 0 Å². The molecule has 2 heterocycles. The zero-order valence-corrected chi connectivity index (χ0v) is 13.6. The molecule has 1 aliphatic rings. The molecule has 1 saturated heterocycles. The molecule has 0 aliphatic carbocycles. The van der Waals surface area contributed by atoms with Crippen molar-refractivity contribution >= 4 is 5.91 Å². The summed E-state index contributed by atoms with van der Waals surface area (Å²) in [6.45, 7) is 3.85. The Morgan fingerprint density at radius 1 is 1.30 bits per heavy atom. The molecule has 0 bridgehead atoms. The first-order valence-corrected chi connectivity index (χ1v) is 8.21. The number of nitrogens with zero attached hydrogens (tertiary/aromatic N) is 3. The van der Waals surface area contributed by atoms with Crippen LogP contribution in [0, 0.1) is 5.92 Å². The van der Waals surface area contributed by atoms with E-state index in [1.54, 1.807) is 13.2 Å². The largest absolute Gasteiger partial charge is 0.359 e. The van der Waals surface area contributed by atoms with E-state index in [1.807, 2.05) is 16.9 Å². The van der Waals surface area contributed by atoms with Crippen LogP contribution in [-0.2, 0) is 17.9 Å². The zero-order valence-electron chi connectivity index (χ0n) is 13.6. The first kappa shape index (κ1) is 15.7. The lowest BCUT2D eigenvalue weighted by atomic mass is 10.0. The normalized spacial score (nSPS) is 18.2. The minimum absolute atomic E-state index is 0.151. The minimum Gasteiger partial charge on any atom is -0.359 e. The van der Waals surface area contributed by atoms with Crippen LogP contribution in [0.2, 0.25) is 0 Å². The lowest BCUT2D eigenvalue weighted by molar-refractivity contribution is -0.121. The fourth-order valence-electron chi connectivity index (χ4n) is 3.25. The van der Waals surface area contributed by atoms with Crippen LogP contribution in [0.3, 0.4) is 0 Å². The smallest absolute Gasteiger partial charge is 0.220 e. The van der Waals surface area contributed by atoms with E-state index in [-0.39, 0.29) is 5.91 Å². The fourth-order valence-corrected chi connectivity index (χ4v) is 3.25. The predicted octanol–water partition coefficient (Wildman–Crippen LogP) is 1.89. The highest BCUT2D eigenvalue weighted by Crippen LogP contribution is 2.21. The van der Waals surface area contributed by atoms with Crippen molar-refractivity contribution in [1.82, 2.24) is 20.0 Å². The van der Waals surface area contributed by atoms with Crippen molar-refractivity contribution in [3.8, 4) is 0 Å². The number of aromatic nitrogens is 2. The quantitative estimate of drug-likeness (QED) is 0.886. The van der Waals surface area contributed by atoms with Crippen molar-refractivity contribution in [2.45, 2.75) is 25.9 Å². The van der Waals surface area contributed by atoms with E-state index in [0.29, 0.717) is 12.3 Å². The minimum atomic E-state index is 0.151. The molecule has 5 heteroatoms. The molecule has 5 nitrogen and oxygen atoms in total. The Hall–Kier alpha value is -2.14. The van der Waals surface area contributed by atoms with E-state index in [9.17, 15) is 4.79 Å². The highest BCUT2D eigenvalue weighted by molar-refractivity contribution is 5.75. The highest BCUT2D eigenvalue weighted by atomic mass is 16.1. The number of hydrogen-bond acceptors (Lipinski definition) is 3. The number of hydrogen-bond donors (Lipinski definition) is 1. The number of likely N-dealkylation sites (tertiary alicyclic amines) is 1. The Labute approximate surface area is 137 Å². The zero-order chi connectivity index (χ0) is 16.1. The third-order valence-corrected chi connectivity index (χ3v) is 4.42. The van der Waals surface area contributed by atoms with Crippen molar-refractivity contribution in [3.05, 3.63) is 53.9 Å². The summed E-state index contributed by atoms with van der Waals surface area (Å²) in [5.74, 6) is 0.639. The predicted molar refractivity (Wildman–Crippen MR) is 89.8 cm³/mol. The monoisotopic (exact) mass is 312 g/mol. The maximum atomic E-state index is 11.5. The van der Waals surface area contributed by atoms with E-state index in [4.69, 9.17) is 0 Å². The van der Waals surface area contributed by atoms with Crippen molar-refractivity contribution in [2.75, 3.05) is 20.1 Å². The summed E-state index contributed by atoms with van der Waals surface area (Å²) in [5, 5.41) is 6.98. The van der Waals surface area contributed by atoms with Crippen LogP contribution >= 0.6 is 0 Å². The number of rotatable bonds is 6. The van der Waals surface area contributed by atoms with Gasteiger partial charge in [-0.15, -0.1) is 0 Å². The van der Waals surface area contributed by atoms with E-state index in [0.717, 1.165) is 32.6 Å². The first-order valence-electron chi connectivity index (χ1n) is 8.21. The molecule has 1 aromatic carbocycles. The molecule has 2 aromatic rings. The van der Waals surface area contributed by atoms with Gasteiger partial charge in [0.05, 0.1) is 6.54 Å². The maximum absolute atomic E-state index is 11.5. The van der Waals surface area contributed by atoms with Crippen LogP contribution in [-0.4, -0.2) is 40.7 Å². The summed E-state index contributed by atoms with van der Waals surface area (Å²) >= 11 is 0. The summed E-state index contributed by atoms with van der Waals surface area (Å²) < 4.78 is 1.94. The summed E-state index contributed by atoms with van der Waals surface area (Å²) in [6, 6.07) is 10.6. The molecule has 0 radical (unpaired) electrons. The molecule has 1 unspecified atom stereocenters. The van der Waals surface area contributed by atoms with Gasteiger partial charge in [-0.3, -0.25) is 14.4 Å². The summed E-state index contributed by atoms with van der Waals surface area (Å²) in [7, 11) is 1.71. The van der Waals surface area contributed by atoms with E-state index in [1.165, 1.54) is 11.1 Å². The van der Waals surface area contributed by atoms with Crippen LogP contribution < -0.4 is 5.32 Å². The van der Waals surface area contributed by atoms with Gasteiger partial charge >= 0.3 is 0 Å². The molecule has 1 fully saturated rings. The van der Waals surface area contributed by atoms with E-state index in [2.05, 4.69) is 39.6 Å². The second-order valence-corrected chi connectivity index (χ2v) is 6.29. The number of benzene rings is 1. The van der Waals surface area contributed by atoms with Crippen LogP contribution in [0.1, 0.15) is 24.0 Å². The second kappa shape index (κ2) is 7.42. The number of carbonyl (C=O) groups excluding carboxylic acids is 1. The molecule has 0 spiro atoms. The Morgan fingerprint density at radius 2 is 2.13 bits per heavy atom.